The summed E-state index contributed by atoms with van der Waals surface area (Å²) >= 11 is 1.71. The Labute approximate surface area is 845 Å². The molecule has 7 aromatic carbocycles. The van der Waals surface area contributed by atoms with Crippen LogP contribution in [-0.2, 0) is 46.1 Å². The number of ether oxygens (including phenoxy) is 8. The highest BCUT2D eigenvalue weighted by Gasteiger charge is 2.55. The zero-order valence-corrected chi connectivity index (χ0v) is 96.9. The van der Waals surface area contributed by atoms with Gasteiger partial charge in [0.2, 0.25) is 0 Å². The van der Waals surface area contributed by atoms with Gasteiger partial charge in [0.1, 0.15) is 23.7 Å². The minimum absolute atomic E-state index is 0.0166. The standard InChI is InChI=1S/C59H87N3O7SSi3.C53H81N3O7Si3/c1-43(45(3)68-73(58(7,8)9,47-29-22-18-23-30-47)48-31-24-19-25-32-48)33-36-51(69-72(15,16)57(4,5)6)55-50(66-59(10,11)67-55)37-38-52(70-46-27-20-17-21-28-46)54-49(64-40-26-39-61-62-60)35-34-44(2)53(54)56(63)65-41-42-71(12,13)14;1-39(41(3)62-66(52(7,8)9,42-25-19-17-20-26-42)43-27-21-18-22-28-43)31-34-47(63-65(15,16)51(4,5)6)49-46(60-53(10,11)61-49)30-23-29-44-45(58-36-24-35-55-56-54)33-32-40(2)48(44)50(57)59-37-38-64(12,13)14/h17-25,27-36,43,45,50-52,55H,26,37-42H2,1-16H3;17-23,25-29,31-34,39,41,46-47,49H,24,30,35-38H2,1-16H3/b36-33-;29-23+,34-31-/t43-,45+,50+,51?,52?,55+;39-,41+,46+,47?,49+/m11/s1. The summed E-state index contributed by atoms with van der Waals surface area (Å²) in [6.07, 6.45) is 13.0. The summed E-state index contributed by atoms with van der Waals surface area (Å²) in [6, 6.07) is 62.9. The van der Waals surface area contributed by atoms with Gasteiger partial charge >= 0.3 is 11.9 Å². The summed E-state index contributed by atoms with van der Waals surface area (Å²) in [6.45, 7) is 72.9. The van der Waals surface area contributed by atoms with Crippen LogP contribution in [0, 0.1) is 25.7 Å². The molecule has 2 saturated heterocycles. The average molecular weight is 2020 g/mol. The first-order valence-electron chi connectivity index (χ1n) is 50.2. The second kappa shape index (κ2) is 50.7. The quantitative estimate of drug-likeness (QED) is 0.00503. The SMILES string of the molecule is Cc1ccc(OCCCN=[N+]=[N-])c(/C=C/C[C@@H]2OC(C)(C)O[C@@H]2C(/C=C\[C@@H](C)[C@H](C)O[Si](c2ccccc2)(c2ccccc2)C(C)(C)C)O[Si](C)(C)C(C)(C)C)c1C(=O)OCC[Si](C)(C)C.Cc1ccc(OCCCN=[N+]=[N-])c(C(CC[C@@H]2OC(C)(C)O[C@@H]2C(/C=C\[C@@H](C)[C@H](C)O[Si](c2ccccc2)(c2ccccc2)C(C)(C)C)O[Si](C)(C)C(C)(C)C)Sc2ccccc2)c1C(=O)OCC[Si](C)(C)C. The Balaban J connectivity index is 0.000000343. The van der Waals surface area contributed by atoms with Crippen LogP contribution in [0.5, 0.6) is 11.5 Å². The van der Waals surface area contributed by atoms with Gasteiger partial charge in [0.05, 0.1) is 62.0 Å². The van der Waals surface area contributed by atoms with Crippen molar-refractivity contribution < 1.29 is 65.2 Å². The van der Waals surface area contributed by atoms with Crippen molar-refractivity contribution in [3.05, 3.63) is 261 Å². The van der Waals surface area contributed by atoms with Crippen LogP contribution >= 0.6 is 11.8 Å². The van der Waals surface area contributed by atoms with Crippen molar-refractivity contribution in [2.24, 2.45) is 22.1 Å². The molecule has 11 atom stereocenters. The normalized spacial score (nSPS) is 18.4. The second-order valence-electron chi connectivity index (χ2n) is 46.1. The van der Waals surface area contributed by atoms with E-state index in [1.807, 2.05) is 96.2 Å². The number of hydrogen-bond acceptors (Lipinski definition) is 17. The highest BCUT2D eigenvalue weighted by molar-refractivity contribution is 7.99. The van der Waals surface area contributed by atoms with Crippen molar-refractivity contribution >= 4 is 99.9 Å². The van der Waals surface area contributed by atoms with Gasteiger partial charge in [-0.05, 0) is 225 Å². The van der Waals surface area contributed by atoms with Crippen LogP contribution in [-0.4, -0.2) is 161 Å². The van der Waals surface area contributed by atoms with Crippen molar-refractivity contribution in [3.8, 4) is 11.5 Å². The molecule has 760 valence electrons. The van der Waals surface area contributed by atoms with E-state index in [2.05, 4.69) is 354 Å². The van der Waals surface area contributed by atoms with Crippen molar-refractivity contribution in [2.75, 3.05) is 39.5 Å². The predicted molar refractivity (Wildman–Crippen MR) is 590 cm³/mol. The third-order valence-corrected chi connectivity index (χ3v) is 51.3. The number of nitrogens with zero attached hydrogens (tertiary/aromatic N) is 6. The molecule has 0 spiro atoms. The Morgan fingerprint density at radius 2 is 0.813 bits per heavy atom. The molecule has 0 radical (unpaired) electrons. The molecule has 3 unspecified atom stereocenters. The van der Waals surface area contributed by atoms with Crippen LogP contribution in [0.1, 0.15) is 219 Å². The van der Waals surface area contributed by atoms with Gasteiger partial charge in [-0.1, -0.05) is 335 Å². The van der Waals surface area contributed by atoms with Crippen LogP contribution in [0.2, 0.25) is 97.7 Å². The maximum Gasteiger partial charge on any atom is 0.339 e. The lowest BCUT2D eigenvalue weighted by Crippen LogP contribution is -2.67. The molecule has 2 aliphatic rings. The summed E-state index contributed by atoms with van der Waals surface area (Å²) in [5.41, 5.74) is 21.8. The van der Waals surface area contributed by atoms with Crippen molar-refractivity contribution in [3.63, 3.8) is 0 Å². The topological polar surface area (TPSA) is 242 Å². The maximum atomic E-state index is 14.4. The Kier molecular flexibility index (Phi) is 42.5. The number of aryl methyl sites for hydroxylation is 2. The van der Waals surface area contributed by atoms with Gasteiger partial charge in [0.25, 0.3) is 16.6 Å². The molecule has 0 aromatic heterocycles. The fourth-order valence-electron chi connectivity index (χ4n) is 17.2. The lowest BCUT2D eigenvalue weighted by Gasteiger charge is -2.45. The van der Waals surface area contributed by atoms with E-state index in [0.29, 0.717) is 99.8 Å². The number of hydrogen-bond donors (Lipinski definition) is 0. The number of esters is 2. The van der Waals surface area contributed by atoms with Crippen LogP contribution in [0.25, 0.3) is 27.0 Å². The van der Waals surface area contributed by atoms with Gasteiger partial charge in [0.15, 0.2) is 28.2 Å². The second-order valence-corrected chi connectivity index (χ2v) is 76.6. The number of carbonyl (C=O) groups excluding carboxylic acids is 2. The molecule has 2 aliphatic heterocycles. The van der Waals surface area contributed by atoms with Crippen molar-refractivity contribution in [2.45, 2.75) is 353 Å². The van der Waals surface area contributed by atoms with Gasteiger partial charge in [-0.3, -0.25) is 0 Å². The van der Waals surface area contributed by atoms with Gasteiger partial charge in [-0.2, -0.15) is 0 Å². The number of rotatable bonds is 47. The summed E-state index contributed by atoms with van der Waals surface area (Å²) in [4.78, 5) is 35.1. The van der Waals surface area contributed by atoms with Gasteiger partial charge in [-0.25, -0.2) is 9.59 Å². The van der Waals surface area contributed by atoms with Gasteiger partial charge in [0, 0.05) is 72.5 Å². The molecule has 27 heteroatoms. The van der Waals surface area contributed by atoms with E-state index < -0.39 is 85.4 Å². The minimum Gasteiger partial charge on any atom is -0.493 e. The third-order valence-electron chi connectivity index (χ3n) is 27.4. The molecule has 0 N–H and O–H groups in total. The summed E-state index contributed by atoms with van der Waals surface area (Å²) in [5.74, 6) is -1.27. The first-order valence-corrected chi connectivity index (χ1v) is 68.1. The molecular formula is C112H168N6O14SSi6. The van der Waals surface area contributed by atoms with Crippen LogP contribution in [0.15, 0.2) is 221 Å². The van der Waals surface area contributed by atoms with Gasteiger partial charge < -0.3 is 55.6 Å². The summed E-state index contributed by atoms with van der Waals surface area (Å²) < 4.78 is 82.2. The highest BCUT2D eigenvalue weighted by Crippen LogP contribution is 2.50. The molecule has 0 saturated carbocycles. The van der Waals surface area contributed by atoms with E-state index in [0.717, 1.165) is 33.7 Å². The first kappa shape index (κ1) is 117. The fraction of sp³-hybridized carbons (Fsp3) is 0.554. The Hall–Kier alpha value is -7.75. The van der Waals surface area contributed by atoms with Crippen molar-refractivity contribution in [1.82, 2.24) is 0 Å². The molecular weight excluding hydrogens is 1850 g/mol. The van der Waals surface area contributed by atoms with E-state index in [9.17, 15) is 9.59 Å². The number of carbonyl (C=O) groups is 2. The predicted octanol–water partition coefficient (Wildman–Crippen LogP) is 28.3. The van der Waals surface area contributed by atoms with Crippen LogP contribution in [0.3, 0.4) is 0 Å². The first-order chi connectivity index (χ1) is 64.9. The largest absolute Gasteiger partial charge is 0.493 e. The number of benzene rings is 7. The van der Waals surface area contributed by atoms with E-state index in [1.54, 1.807) is 11.8 Å². The van der Waals surface area contributed by atoms with Crippen LogP contribution in [0.4, 0.5) is 0 Å². The zero-order valence-electron chi connectivity index (χ0n) is 90.1. The maximum absolute atomic E-state index is 14.4. The molecule has 20 nitrogen and oxygen atoms in total. The Bertz CT molecular complexity index is 5150. The van der Waals surface area contributed by atoms with Crippen molar-refractivity contribution in [1.29, 1.82) is 0 Å². The molecule has 0 aliphatic carbocycles. The smallest absolute Gasteiger partial charge is 0.339 e. The molecule has 0 bridgehead atoms. The lowest BCUT2D eigenvalue weighted by atomic mass is 9.93. The fourth-order valence-corrected chi connectivity index (χ4v) is 32.0. The van der Waals surface area contributed by atoms with E-state index >= 15 is 0 Å². The molecule has 2 heterocycles. The number of thioether (sulfide) groups is 1. The molecule has 9 rings (SSSR count). The average Bonchev–Trinajstić information content (AvgIpc) is 1.38. The minimum atomic E-state index is -2.83. The van der Waals surface area contributed by atoms with E-state index in [-0.39, 0.29) is 73.6 Å². The summed E-state index contributed by atoms with van der Waals surface area (Å²) in [7, 11) is -13.3. The Morgan fingerprint density at radius 1 is 0.453 bits per heavy atom. The Morgan fingerprint density at radius 3 is 1.19 bits per heavy atom. The van der Waals surface area contributed by atoms with E-state index in [1.165, 1.54) is 20.7 Å². The van der Waals surface area contributed by atoms with E-state index in [4.69, 9.17) is 66.7 Å². The molecule has 2 fully saturated rings. The molecule has 7 aromatic rings. The van der Waals surface area contributed by atoms with Crippen LogP contribution < -0.4 is 30.2 Å². The highest BCUT2D eigenvalue weighted by atomic mass is 32.2. The third kappa shape index (κ3) is 32.9. The van der Waals surface area contributed by atoms with Gasteiger partial charge in [-0.15, -0.1) is 11.8 Å². The monoisotopic (exact) mass is 2020 g/mol. The molecule has 0 amide bonds. The number of azide groups is 2. The zero-order chi connectivity index (χ0) is 103. The lowest BCUT2D eigenvalue weighted by molar-refractivity contribution is -0.152. The summed E-state index contributed by atoms with van der Waals surface area (Å²) in [5, 5.41) is 11.7. The molecule has 139 heavy (non-hydrogen) atoms.